The Labute approximate surface area is 204 Å². The monoisotopic (exact) mass is 459 g/mol. The van der Waals surface area contributed by atoms with Crippen molar-refractivity contribution < 1.29 is 14.4 Å². The van der Waals surface area contributed by atoms with Crippen molar-refractivity contribution in [3.8, 4) is 0 Å². The maximum atomic E-state index is 11.5. The van der Waals surface area contributed by atoms with Crippen molar-refractivity contribution in [3.63, 3.8) is 0 Å². The molecule has 2 aliphatic heterocycles. The van der Waals surface area contributed by atoms with Gasteiger partial charge in [-0.15, -0.1) is 0 Å². The van der Waals surface area contributed by atoms with Gasteiger partial charge in [-0.1, -0.05) is 85.6 Å². The molecule has 2 aliphatic carbocycles. The molecular formula is C31H27N2O2+. The second-order valence-electron chi connectivity index (χ2n) is 11.1. The number of benzene rings is 4. The number of methoxy groups -OCH3 is 1. The van der Waals surface area contributed by atoms with Gasteiger partial charge < -0.3 is 9.84 Å². The van der Waals surface area contributed by atoms with Crippen LogP contribution in [0.1, 0.15) is 47.9 Å². The van der Waals surface area contributed by atoms with Gasteiger partial charge in [0.15, 0.2) is 12.1 Å². The smallest absolute Gasteiger partial charge is 0.281 e. The molecule has 172 valence electrons. The molecule has 0 aromatic heterocycles. The molecule has 5 atom stereocenters. The summed E-state index contributed by atoms with van der Waals surface area (Å²) in [6.45, 7) is 4.66. The maximum absolute atomic E-state index is 11.5. The largest absolute Gasteiger partial charge is 0.362 e. The molecule has 1 fully saturated rings. The summed E-state index contributed by atoms with van der Waals surface area (Å²) < 4.78 is 7.97. The molecule has 5 unspecified atom stereocenters. The SMILES string of the molecule is COC1(O)C2c3ccc4ccccc4c3C3=[N+](C=NC4C3c3cc5ccccc5cc3C4(C)C)C21. The molecule has 4 nitrogen and oxygen atoms in total. The number of nitrogens with zero attached hydrogens (tertiary/aromatic N) is 2. The first-order chi connectivity index (χ1) is 16.9. The molecule has 4 aliphatic rings. The van der Waals surface area contributed by atoms with Crippen LogP contribution in [0.15, 0.2) is 77.8 Å². The van der Waals surface area contributed by atoms with Gasteiger partial charge in [0.05, 0.1) is 11.8 Å². The zero-order valence-electron chi connectivity index (χ0n) is 20.1. The fourth-order valence-corrected chi connectivity index (χ4v) is 7.43. The topological polar surface area (TPSA) is 44.8 Å². The minimum atomic E-state index is -1.21. The lowest BCUT2D eigenvalue weighted by Crippen LogP contribution is -2.44. The first-order valence-electron chi connectivity index (χ1n) is 12.5. The number of fused-ring (bicyclic) bond motifs is 12. The van der Waals surface area contributed by atoms with Crippen molar-refractivity contribution >= 4 is 33.6 Å². The Kier molecular flexibility index (Phi) is 3.56. The van der Waals surface area contributed by atoms with Crippen LogP contribution in [0.25, 0.3) is 21.5 Å². The summed E-state index contributed by atoms with van der Waals surface area (Å²) in [5.74, 6) is -1.19. The molecule has 4 aromatic rings. The number of hydrogen-bond acceptors (Lipinski definition) is 3. The number of hydrogen-bond donors (Lipinski definition) is 1. The van der Waals surface area contributed by atoms with E-state index in [4.69, 9.17) is 9.73 Å². The molecule has 4 aromatic carbocycles. The summed E-state index contributed by atoms with van der Waals surface area (Å²) in [7, 11) is 1.61. The molecule has 8 rings (SSSR count). The van der Waals surface area contributed by atoms with Gasteiger partial charge in [0.2, 0.25) is 5.79 Å². The Morgan fingerprint density at radius 2 is 1.60 bits per heavy atom. The van der Waals surface area contributed by atoms with Crippen molar-refractivity contribution in [3.05, 3.63) is 95.1 Å². The van der Waals surface area contributed by atoms with E-state index in [1.165, 1.54) is 49.5 Å². The Balaban J connectivity index is 1.48. The van der Waals surface area contributed by atoms with Gasteiger partial charge in [-0.05, 0) is 44.3 Å². The van der Waals surface area contributed by atoms with E-state index in [0.29, 0.717) is 0 Å². The van der Waals surface area contributed by atoms with Gasteiger partial charge in [-0.2, -0.15) is 0 Å². The van der Waals surface area contributed by atoms with Crippen LogP contribution >= 0.6 is 0 Å². The standard InChI is InChI=1S/C31H27N2O2/c1-30(2)23-15-19-10-5-4-9-18(19)14-22(23)25-27-24-20-11-7-6-8-17(20)12-13-21(24)26-29(31(26,34)35-3)33(27)16-32-28(25)30/h4-16,25-26,28-29,34H,1-3H3/q+1. The fraction of sp³-hybridized carbons (Fsp3) is 0.290. The highest BCUT2D eigenvalue weighted by Gasteiger charge is 2.75. The Morgan fingerprint density at radius 3 is 2.37 bits per heavy atom. The zero-order chi connectivity index (χ0) is 23.7. The predicted octanol–water partition coefficient (Wildman–Crippen LogP) is 5.09. The first-order valence-corrected chi connectivity index (χ1v) is 12.5. The number of ether oxygens (including phenoxy) is 1. The van der Waals surface area contributed by atoms with Crippen LogP contribution in [-0.4, -0.2) is 46.7 Å². The summed E-state index contributed by atoms with van der Waals surface area (Å²) in [6, 6.07) is 26.3. The minimum absolute atomic E-state index is 0.0932. The highest BCUT2D eigenvalue weighted by Crippen LogP contribution is 2.61. The molecule has 0 radical (unpaired) electrons. The number of aliphatic hydroxyl groups is 1. The van der Waals surface area contributed by atoms with Crippen LogP contribution in [0.4, 0.5) is 0 Å². The van der Waals surface area contributed by atoms with Gasteiger partial charge >= 0.3 is 0 Å². The molecule has 0 bridgehead atoms. The van der Waals surface area contributed by atoms with Crippen molar-refractivity contribution in [1.29, 1.82) is 0 Å². The van der Waals surface area contributed by atoms with Crippen LogP contribution in [0.3, 0.4) is 0 Å². The lowest BCUT2D eigenvalue weighted by Gasteiger charge is -2.30. The van der Waals surface area contributed by atoms with Gasteiger partial charge in [0, 0.05) is 18.1 Å². The van der Waals surface area contributed by atoms with E-state index in [2.05, 4.69) is 91.2 Å². The van der Waals surface area contributed by atoms with Crippen molar-refractivity contribution in [2.45, 2.75) is 49.0 Å². The van der Waals surface area contributed by atoms with Crippen molar-refractivity contribution in [2.75, 3.05) is 7.11 Å². The fourth-order valence-electron chi connectivity index (χ4n) is 7.43. The van der Waals surface area contributed by atoms with E-state index in [-0.39, 0.29) is 29.3 Å². The first kappa shape index (κ1) is 19.9. The molecule has 35 heavy (non-hydrogen) atoms. The van der Waals surface area contributed by atoms with E-state index in [0.717, 1.165) is 0 Å². The van der Waals surface area contributed by atoms with Crippen LogP contribution in [0.2, 0.25) is 0 Å². The maximum Gasteiger partial charge on any atom is 0.281 e. The van der Waals surface area contributed by atoms with Crippen molar-refractivity contribution in [2.24, 2.45) is 4.99 Å². The lowest BCUT2D eigenvalue weighted by molar-refractivity contribution is -0.443. The molecule has 1 saturated carbocycles. The molecule has 2 heterocycles. The molecule has 0 amide bonds. The molecule has 0 saturated heterocycles. The van der Waals surface area contributed by atoms with Gasteiger partial charge in [-0.3, -0.25) is 0 Å². The quantitative estimate of drug-likeness (QED) is 0.318. The van der Waals surface area contributed by atoms with E-state index < -0.39 is 5.79 Å². The van der Waals surface area contributed by atoms with Gasteiger partial charge in [-0.25, -0.2) is 4.58 Å². The van der Waals surface area contributed by atoms with Gasteiger partial charge in [0.25, 0.3) is 6.34 Å². The van der Waals surface area contributed by atoms with E-state index >= 15 is 0 Å². The third-order valence-corrected chi connectivity index (χ3v) is 9.18. The van der Waals surface area contributed by atoms with Crippen LogP contribution in [-0.2, 0) is 10.2 Å². The third-order valence-electron chi connectivity index (χ3n) is 9.18. The summed E-state index contributed by atoms with van der Waals surface area (Å²) in [5.41, 5.74) is 6.31. The minimum Gasteiger partial charge on any atom is -0.362 e. The predicted molar refractivity (Wildman–Crippen MR) is 139 cm³/mol. The van der Waals surface area contributed by atoms with Gasteiger partial charge in [0.1, 0.15) is 5.71 Å². The Bertz CT molecular complexity index is 1670. The average Bonchev–Trinajstić information content (AvgIpc) is 3.46. The van der Waals surface area contributed by atoms with Crippen LogP contribution in [0.5, 0.6) is 0 Å². The molecule has 1 N–H and O–H groups in total. The highest BCUT2D eigenvalue weighted by atomic mass is 16.6. The second-order valence-corrected chi connectivity index (χ2v) is 11.1. The van der Waals surface area contributed by atoms with Crippen LogP contribution < -0.4 is 0 Å². The molecular weight excluding hydrogens is 432 g/mol. The summed E-state index contributed by atoms with van der Waals surface area (Å²) >= 11 is 0. The average molecular weight is 460 g/mol. The third kappa shape index (κ3) is 2.26. The lowest BCUT2D eigenvalue weighted by atomic mass is 9.77. The summed E-state index contributed by atoms with van der Waals surface area (Å²) in [4.78, 5) is 5.18. The number of aliphatic imine (C=N–C) groups is 1. The second kappa shape index (κ2) is 6.26. The summed E-state index contributed by atoms with van der Waals surface area (Å²) in [5, 5.41) is 16.5. The summed E-state index contributed by atoms with van der Waals surface area (Å²) in [6.07, 6.45) is 1.99. The van der Waals surface area contributed by atoms with Crippen molar-refractivity contribution in [1.82, 2.24) is 0 Å². The Hall–Kier alpha value is -3.34. The number of rotatable bonds is 1. The zero-order valence-corrected chi connectivity index (χ0v) is 20.1. The Morgan fingerprint density at radius 1 is 0.886 bits per heavy atom. The molecule has 0 spiro atoms. The van der Waals surface area contributed by atoms with E-state index in [9.17, 15) is 5.11 Å². The van der Waals surface area contributed by atoms with E-state index in [1.807, 2.05) is 6.34 Å². The van der Waals surface area contributed by atoms with E-state index in [1.54, 1.807) is 7.11 Å². The normalized spacial score (nSPS) is 31.1. The van der Waals surface area contributed by atoms with Crippen LogP contribution in [0, 0.1) is 0 Å². The molecule has 4 heteroatoms. The highest BCUT2D eigenvalue weighted by molar-refractivity contribution is 6.16.